The van der Waals surface area contributed by atoms with Crippen molar-refractivity contribution in [1.82, 2.24) is 4.90 Å². The summed E-state index contributed by atoms with van der Waals surface area (Å²) in [6.07, 6.45) is 0. The van der Waals surface area contributed by atoms with E-state index in [0.29, 0.717) is 10.6 Å². The molecule has 1 unspecified atom stereocenters. The molecule has 1 aliphatic rings. The van der Waals surface area contributed by atoms with E-state index < -0.39 is 23.5 Å². The number of likely N-dealkylation sites (tertiary alicyclic amines) is 1. The average molecular weight is 485 g/mol. The van der Waals surface area contributed by atoms with Crippen molar-refractivity contribution < 1.29 is 24.2 Å². The van der Waals surface area contributed by atoms with Gasteiger partial charge in [0.25, 0.3) is 11.7 Å². The van der Waals surface area contributed by atoms with E-state index in [1.54, 1.807) is 37.3 Å². The number of Topliss-reactive ketones (excluding diaryl/α,β-unsaturated/α-hetero) is 1. The summed E-state index contributed by atoms with van der Waals surface area (Å²) >= 11 is 18.5. The van der Waals surface area contributed by atoms with Gasteiger partial charge in [-0.25, -0.2) is 0 Å². The van der Waals surface area contributed by atoms with Crippen LogP contribution in [0.25, 0.3) is 5.76 Å². The molecule has 0 aliphatic carbocycles. The monoisotopic (exact) mass is 483 g/mol. The molecule has 0 aromatic heterocycles. The SMILES string of the molecule is COCCN1C(=O)C(=O)/C(=C(/O)c2cc(C)cc(Cl)c2OC)C1c1ccc(Cl)c(Cl)c1. The van der Waals surface area contributed by atoms with Crippen molar-refractivity contribution in [2.24, 2.45) is 0 Å². The highest BCUT2D eigenvalue weighted by Gasteiger charge is 2.46. The molecule has 0 bridgehead atoms. The minimum atomic E-state index is -0.895. The zero-order chi connectivity index (χ0) is 22.9. The number of halogens is 3. The zero-order valence-corrected chi connectivity index (χ0v) is 19.3. The number of carbonyl (C=O) groups is 2. The molecule has 0 saturated carbocycles. The highest BCUT2D eigenvalue weighted by Crippen LogP contribution is 2.43. The molecule has 164 valence electrons. The Balaban J connectivity index is 2.28. The van der Waals surface area contributed by atoms with Crippen molar-refractivity contribution in [2.75, 3.05) is 27.4 Å². The molecule has 0 radical (unpaired) electrons. The number of aryl methyl sites for hydroxylation is 1. The summed E-state index contributed by atoms with van der Waals surface area (Å²) in [6.45, 7) is 2.12. The summed E-state index contributed by atoms with van der Waals surface area (Å²) in [4.78, 5) is 27.2. The second-order valence-electron chi connectivity index (χ2n) is 6.99. The Morgan fingerprint density at radius 2 is 1.77 bits per heavy atom. The minimum absolute atomic E-state index is 0.0977. The Bertz CT molecular complexity index is 1080. The van der Waals surface area contributed by atoms with Crippen molar-refractivity contribution >= 4 is 52.3 Å². The molecule has 0 spiro atoms. The van der Waals surface area contributed by atoms with Crippen LogP contribution in [0.5, 0.6) is 5.75 Å². The number of amides is 1. The molecule has 3 rings (SSSR count). The second kappa shape index (κ2) is 9.49. The van der Waals surface area contributed by atoms with Crippen LogP contribution in [0, 0.1) is 6.92 Å². The molecule has 2 aromatic carbocycles. The number of carbonyl (C=O) groups excluding carboxylic acids is 2. The lowest BCUT2D eigenvalue weighted by molar-refractivity contribution is -0.140. The summed E-state index contributed by atoms with van der Waals surface area (Å²) < 4.78 is 10.4. The average Bonchev–Trinajstić information content (AvgIpc) is 2.97. The lowest BCUT2D eigenvalue weighted by Crippen LogP contribution is -2.32. The molecule has 1 atom stereocenters. The van der Waals surface area contributed by atoms with Crippen molar-refractivity contribution in [2.45, 2.75) is 13.0 Å². The lowest BCUT2D eigenvalue weighted by Gasteiger charge is -2.25. The van der Waals surface area contributed by atoms with Gasteiger partial charge in [-0.1, -0.05) is 40.9 Å². The van der Waals surface area contributed by atoms with Crippen LogP contribution in [0.1, 0.15) is 22.7 Å². The number of methoxy groups -OCH3 is 2. The summed E-state index contributed by atoms with van der Waals surface area (Å²) in [5.74, 6) is -1.78. The van der Waals surface area contributed by atoms with Crippen molar-refractivity contribution in [1.29, 1.82) is 0 Å². The van der Waals surface area contributed by atoms with Gasteiger partial charge in [-0.15, -0.1) is 0 Å². The van der Waals surface area contributed by atoms with Gasteiger partial charge in [0.1, 0.15) is 11.5 Å². The van der Waals surface area contributed by atoms with Crippen LogP contribution >= 0.6 is 34.8 Å². The fraction of sp³-hybridized carbons (Fsp3) is 0.273. The summed E-state index contributed by atoms with van der Waals surface area (Å²) in [5, 5.41) is 12.1. The molecular weight excluding hydrogens is 465 g/mol. The van der Waals surface area contributed by atoms with Crippen LogP contribution in [0.2, 0.25) is 15.1 Å². The van der Waals surface area contributed by atoms with E-state index in [1.807, 2.05) is 0 Å². The minimum Gasteiger partial charge on any atom is -0.507 e. The van der Waals surface area contributed by atoms with Crippen molar-refractivity contribution in [3.05, 3.63) is 67.7 Å². The number of ketones is 1. The predicted molar refractivity (Wildman–Crippen MR) is 120 cm³/mol. The third-order valence-electron chi connectivity index (χ3n) is 4.98. The number of nitrogens with zero attached hydrogens (tertiary/aromatic N) is 1. The Hall–Kier alpha value is -2.25. The summed E-state index contributed by atoms with van der Waals surface area (Å²) in [6, 6.07) is 7.19. The Morgan fingerprint density at radius 3 is 2.39 bits per heavy atom. The molecule has 2 aromatic rings. The molecule has 1 aliphatic heterocycles. The number of hydrogen-bond acceptors (Lipinski definition) is 5. The Kier molecular flexibility index (Phi) is 7.17. The molecule has 6 nitrogen and oxygen atoms in total. The van der Waals surface area contributed by atoms with Gasteiger partial charge in [-0.3, -0.25) is 9.59 Å². The first-order valence-corrected chi connectivity index (χ1v) is 10.4. The van der Waals surface area contributed by atoms with E-state index in [0.717, 1.165) is 5.56 Å². The van der Waals surface area contributed by atoms with E-state index >= 15 is 0 Å². The number of aliphatic hydroxyl groups excluding tert-OH is 1. The summed E-state index contributed by atoms with van der Waals surface area (Å²) in [5.41, 5.74) is 1.37. The first kappa shape index (κ1) is 23.4. The smallest absolute Gasteiger partial charge is 0.295 e. The first-order valence-electron chi connectivity index (χ1n) is 9.28. The fourth-order valence-corrected chi connectivity index (χ4v) is 4.24. The maximum atomic E-state index is 13.0. The number of ether oxygens (including phenoxy) is 2. The third kappa shape index (κ3) is 4.39. The van der Waals surface area contributed by atoms with Gasteiger partial charge in [-0.05, 0) is 42.3 Å². The summed E-state index contributed by atoms with van der Waals surface area (Å²) in [7, 11) is 2.89. The van der Waals surface area contributed by atoms with E-state index in [-0.39, 0.29) is 40.1 Å². The molecule has 9 heteroatoms. The quantitative estimate of drug-likeness (QED) is 0.353. The predicted octanol–water partition coefficient (Wildman–Crippen LogP) is 5.03. The molecule has 1 fully saturated rings. The molecule has 31 heavy (non-hydrogen) atoms. The molecule has 1 heterocycles. The highest BCUT2D eigenvalue weighted by molar-refractivity contribution is 6.47. The number of benzene rings is 2. The van der Waals surface area contributed by atoms with Crippen LogP contribution in [0.3, 0.4) is 0 Å². The van der Waals surface area contributed by atoms with Crippen LogP contribution < -0.4 is 4.74 Å². The van der Waals surface area contributed by atoms with Crippen molar-refractivity contribution in [3.8, 4) is 5.75 Å². The van der Waals surface area contributed by atoms with Gasteiger partial charge in [-0.2, -0.15) is 0 Å². The standard InChI is InChI=1S/C22H20Cl3NO5/c1-11-8-13(21(31-3)16(25)9-11)19(27)17-18(12-4-5-14(23)15(24)10-12)26(6-7-30-2)22(29)20(17)28/h4-5,8-10,18,27H,6-7H2,1-3H3/b19-17+. The topological polar surface area (TPSA) is 76.1 Å². The van der Waals surface area contributed by atoms with Gasteiger partial charge in [0, 0.05) is 13.7 Å². The van der Waals surface area contributed by atoms with Gasteiger partial charge >= 0.3 is 0 Å². The van der Waals surface area contributed by atoms with Gasteiger partial charge < -0.3 is 19.5 Å². The maximum absolute atomic E-state index is 13.0. The third-order valence-corrected chi connectivity index (χ3v) is 6.00. The van der Waals surface area contributed by atoms with E-state index in [9.17, 15) is 14.7 Å². The van der Waals surface area contributed by atoms with Crippen LogP contribution in [-0.4, -0.2) is 49.1 Å². The van der Waals surface area contributed by atoms with E-state index in [2.05, 4.69) is 0 Å². The Morgan fingerprint density at radius 1 is 1.06 bits per heavy atom. The van der Waals surface area contributed by atoms with Gasteiger partial charge in [0.15, 0.2) is 0 Å². The maximum Gasteiger partial charge on any atom is 0.295 e. The largest absolute Gasteiger partial charge is 0.507 e. The van der Waals surface area contributed by atoms with Crippen molar-refractivity contribution in [3.63, 3.8) is 0 Å². The Labute approximate surface area is 194 Å². The van der Waals surface area contributed by atoms with E-state index in [1.165, 1.54) is 19.1 Å². The second-order valence-corrected chi connectivity index (χ2v) is 8.21. The molecule has 1 N–H and O–H groups in total. The lowest BCUT2D eigenvalue weighted by atomic mass is 9.94. The van der Waals surface area contributed by atoms with Gasteiger partial charge in [0.2, 0.25) is 0 Å². The van der Waals surface area contributed by atoms with E-state index in [4.69, 9.17) is 44.3 Å². The molecule has 1 saturated heterocycles. The molecular formula is C22H20Cl3NO5. The number of rotatable bonds is 6. The number of aliphatic hydroxyl groups is 1. The molecule has 1 amide bonds. The van der Waals surface area contributed by atoms with Crippen LogP contribution in [-0.2, 0) is 14.3 Å². The number of hydrogen-bond donors (Lipinski definition) is 1. The normalized spacial score (nSPS) is 18.0. The van der Waals surface area contributed by atoms with Gasteiger partial charge in [0.05, 0.1) is 46.0 Å². The highest BCUT2D eigenvalue weighted by atomic mass is 35.5. The first-order chi connectivity index (χ1) is 14.7. The zero-order valence-electron chi connectivity index (χ0n) is 17.0. The fourth-order valence-electron chi connectivity index (χ4n) is 3.59. The van der Waals surface area contributed by atoms with Crippen LogP contribution in [0.4, 0.5) is 0 Å². The van der Waals surface area contributed by atoms with Crippen LogP contribution in [0.15, 0.2) is 35.9 Å².